The molecule has 3 N–H and O–H groups in total. The average Bonchev–Trinajstić information content (AvgIpc) is 2.94. The summed E-state index contributed by atoms with van der Waals surface area (Å²) in [6.45, 7) is 4.10. The predicted molar refractivity (Wildman–Crippen MR) is 87.3 cm³/mol. The Kier molecular flexibility index (Phi) is 5.11. The molecule has 0 bridgehead atoms. The molecule has 2 aliphatic heterocycles. The molecule has 7 heteroatoms. The van der Waals surface area contributed by atoms with Crippen LogP contribution in [0.3, 0.4) is 0 Å². The van der Waals surface area contributed by atoms with Crippen LogP contribution in [0, 0.1) is 17.7 Å². The zero-order chi connectivity index (χ0) is 17.1. The molecule has 0 radical (unpaired) electrons. The van der Waals surface area contributed by atoms with Crippen molar-refractivity contribution in [2.24, 2.45) is 11.8 Å². The number of carbonyl (C=O) groups excluding carboxylic acids is 2. The molecule has 1 aromatic rings. The molecule has 3 rings (SSSR count). The first-order valence-electron chi connectivity index (χ1n) is 8.34. The summed E-state index contributed by atoms with van der Waals surface area (Å²) in [7, 11) is 0. The topological polar surface area (TPSA) is 73.5 Å². The molecule has 2 atom stereocenters. The molecular formula is C17H23FN4O2. The van der Waals surface area contributed by atoms with Crippen LogP contribution in [0.1, 0.15) is 12.5 Å². The number of rotatable bonds is 5. The second-order valence-electron chi connectivity index (χ2n) is 6.53. The van der Waals surface area contributed by atoms with Gasteiger partial charge in [0.1, 0.15) is 5.82 Å². The van der Waals surface area contributed by atoms with Crippen LogP contribution in [0.5, 0.6) is 0 Å². The highest BCUT2D eigenvalue weighted by Gasteiger charge is 2.40. The van der Waals surface area contributed by atoms with Crippen LogP contribution in [0.4, 0.5) is 4.39 Å². The van der Waals surface area contributed by atoms with E-state index in [2.05, 4.69) is 16.2 Å². The highest BCUT2D eigenvalue weighted by atomic mass is 19.1. The van der Waals surface area contributed by atoms with Crippen molar-refractivity contribution in [1.29, 1.82) is 0 Å². The monoisotopic (exact) mass is 334 g/mol. The van der Waals surface area contributed by atoms with Gasteiger partial charge in [-0.25, -0.2) is 4.39 Å². The normalized spacial score (nSPS) is 23.8. The van der Waals surface area contributed by atoms with Crippen LogP contribution >= 0.6 is 0 Å². The molecule has 2 saturated heterocycles. The van der Waals surface area contributed by atoms with Gasteiger partial charge in [-0.2, -0.15) is 0 Å². The molecule has 2 unspecified atom stereocenters. The van der Waals surface area contributed by atoms with E-state index in [0.29, 0.717) is 32.6 Å². The minimum Gasteiger partial charge on any atom is -0.355 e. The zero-order valence-corrected chi connectivity index (χ0v) is 13.7. The van der Waals surface area contributed by atoms with Crippen LogP contribution < -0.4 is 16.2 Å². The van der Waals surface area contributed by atoms with Gasteiger partial charge >= 0.3 is 0 Å². The van der Waals surface area contributed by atoms with E-state index in [1.807, 2.05) is 6.92 Å². The van der Waals surface area contributed by atoms with E-state index in [9.17, 15) is 14.0 Å². The third kappa shape index (κ3) is 3.73. The largest absolute Gasteiger partial charge is 0.355 e. The number of likely N-dealkylation sites (tertiary alicyclic amines) is 1. The number of hydrogen-bond acceptors (Lipinski definition) is 4. The molecular weight excluding hydrogens is 311 g/mol. The first kappa shape index (κ1) is 16.9. The van der Waals surface area contributed by atoms with Gasteiger partial charge < -0.3 is 10.2 Å². The number of carbonyl (C=O) groups is 2. The molecule has 2 heterocycles. The van der Waals surface area contributed by atoms with Crippen molar-refractivity contribution in [3.05, 3.63) is 35.6 Å². The van der Waals surface area contributed by atoms with Crippen molar-refractivity contribution in [3.63, 3.8) is 0 Å². The van der Waals surface area contributed by atoms with Crippen molar-refractivity contribution in [2.75, 3.05) is 26.2 Å². The second kappa shape index (κ2) is 7.27. The Bertz CT molecular complexity index is 601. The van der Waals surface area contributed by atoms with Gasteiger partial charge in [0.15, 0.2) is 0 Å². The Morgan fingerprint density at radius 2 is 2.00 bits per heavy atom. The Hall–Kier alpha value is -1.99. The molecule has 0 spiro atoms. The van der Waals surface area contributed by atoms with Gasteiger partial charge in [0.05, 0.1) is 11.8 Å². The fourth-order valence-corrected chi connectivity index (χ4v) is 3.09. The molecule has 2 fully saturated rings. The lowest BCUT2D eigenvalue weighted by Gasteiger charge is -2.40. The van der Waals surface area contributed by atoms with Crippen molar-refractivity contribution in [1.82, 2.24) is 21.1 Å². The Balaban J connectivity index is 1.37. The first-order chi connectivity index (χ1) is 11.5. The van der Waals surface area contributed by atoms with Crippen molar-refractivity contribution in [2.45, 2.75) is 19.4 Å². The highest BCUT2D eigenvalue weighted by molar-refractivity contribution is 5.86. The number of amides is 2. The molecule has 0 aromatic heterocycles. The molecule has 24 heavy (non-hydrogen) atoms. The van der Waals surface area contributed by atoms with Gasteiger partial charge in [0.25, 0.3) is 0 Å². The van der Waals surface area contributed by atoms with E-state index in [1.165, 1.54) is 12.1 Å². The fraction of sp³-hybridized carbons (Fsp3) is 0.529. The zero-order valence-electron chi connectivity index (χ0n) is 13.7. The van der Waals surface area contributed by atoms with Crippen LogP contribution in [-0.2, 0) is 16.0 Å². The number of benzene rings is 1. The average molecular weight is 334 g/mol. The summed E-state index contributed by atoms with van der Waals surface area (Å²) in [5.74, 6) is -0.358. The quantitative estimate of drug-likeness (QED) is 0.712. The van der Waals surface area contributed by atoms with Gasteiger partial charge in [-0.1, -0.05) is 12.1 Å². The van der Waals surface area contributed by atoms with E-state index < -0.39 is 0 Å². The van der Waals surface area contributed by atoms with Gasteiger partial charge in [-0.05, 0) is 31.0 Å². The van der Waals surface area contributed by atoms with Gasteiger partial charge in [-0.3, -0.25) is 20.4 Å². The maximum atomic E-state index is 12.8. The Labute approximate surface area is 140 Å². The molecule has 0 aliphatic carbocycles. The van der Waals surface area contributed by atoms with E-state index in [4.69, 9.17) is 0 Å². The number of hydrazine groups is 1. The van der Waals surface area contributed by atoms with Crippen LogP contribution in [0.15, 0.2) is 24.3 Å². The summed E-state index contributed by atoms with van der Waals surface area (Å²) in [6.07, 6.45) is 0.665. The number of nitrogens with one attached hydrogen (secondary N) is 3. The fourth-order valence-electron chi connectivity index (χ4n) is 3.09. The van der Waals surface area contributed by atoms with E-state index in [1.54, 1.807) is 17.0 Å². The van der Waals surface area contributed by atoms with Gasteiger partial charge in [0, 0.05) is 32.2 Å². The van der Waals surface area contributed by atoms with Crippen LogP contribution in [0.2, 0.25) is 0 Å². The maximum absolute atomic E-state index is 12.8. The third-order valence-electron chi connectivity index (χ3n) is 4.76. The summed E-state index contributed by atoms with van der Waals surface area (Å²) in [6, 6.07) is 6.38. The van der Waals surface area contributed by atoms with Gasteiger partial charge in [-0.15, -0.1) is 0 Å². The predicted octanol–water partition coefficient (Wildman–Crippen LogP) is 0.0553. The van der Waals surface area contributed by atoms with Crippen LogP contribution in [0.25, 0.3) is 0 Å². The maximum Gasteiger partial charge on any atom is 0.228 e. The minimum atomic E-state index is -0.260. The summed E-state index contributed by atoms with van der Waals surface area (Å²) in [5.41, 5.74) is 7.00. The van der Waals surface area contributed by atoms with Crippen molar-refractivity contribution < 1.29 is 14.0 Å². The lowest BCUT2D eigenvalue weighted by atomic mass is 9.94. The number of hydrogen-bond donors (Lipinski definition) is 3. The minimum absolute atomic E-state index is 0.0168. The summed E-state index contributed by atoms with van der Waals surface area (Å²) in [5, 5.41) is 2.89. The molecule has 1 aromatic carbocycles. The molecule has 2 aliphatic rings. The van der Waals surface area contributed by atoms with E-state index in [0.717, 1.165) is 5.56 Å². The van der Waals surface area contributed by atoms with E-state index >= 15 is 0 Å². The lowest BCUT2D eigenvalue weighted by Crippen LogP contribution is -2.58. The molecule has 130 valence electrons. The van der Waals surface area contributed by atoms with E-state index in [-0.39, 0.29) is 35.5 Å². The SMILES string of the molecule is CC1NNCC1C(=O)N1CC(C(=O)NCCc2ccc(F)cc2)C1. The third-order valence-corrected chi connectivity index (χ3v) is 4.76. The van der Waals surface area contributed by atoms with Gasteiger partial charge in [0.2, 0.25) is 11.8 Å². The lowest BCUT2D eigenvalue weighted by molar-refractivity contribution is -0.146. The number of nitrogens with zero attached hydrogens (tertiary/aromatic N) is 1. The molecule has 2 amide bonds. The molecule has 6 nitrogen and oxygen atoms in total. The second-order valence-corrected chi connectivity index (χ2v) is 6.53. The standard InChI is InChI=1S/C17H23FN4O2/c1-11-15(8-20-21-11)17(24)22-9-13(10-22)16(23)19-7-6-12-2-4-14(18)5-3-12/h2-5,11,13,15,20-21H,6-10H2,1H3,(H,19,23). The molecule has 0 saturated carbocycles. The highest BCUT2D eigenvalue weighted by Crippen LogP contribution is 2.21. The van der Waals surface area contributed by atoms with Crippen molar-refractivity contribution in [3.8, 4) is 0 Å². The first-order valence-corrected chi connectivity index (χ1v) is 8.34. The smallest absolute Gasteiger partial charge is 0.228 e. The summed E-state index contributed by atoms with van der Waals surface area (Å²) < 4.78 is 12.8. The summed E-state index contributed by atoms with van der Waals surface area (Å²) >= 11 is 0. The van der Waals surface area contributed by atoms with Crippen molar-refractivity contribution >= 4 is 11.8 Å². The number of halogens is 1. The Morgan fingerprint density at radius 1 is 1.29 bits per heavy atom. The summed E-state index contributed by atoms with van der Waals surface area (Å²) in [4.78, 5) is 26.2. The van der Waals surface area contributed by atoms with Crippen LogP contribution in [-0.4, -0.2) is 48.9 Å². The Morgan fingerprint density at radius 3 is 2.62 bits per heavy atom.